The van der Waals surface area contributed by atoms with E-state index in [9.17, 15) is 4.79 Å². The van der Waals surface area contributed by atoms with Gasteiger partial charge in [0, 0.05) is 38.0 Å². The molecule has 0 saturated heterocycles. The maximum absolute atomic E-state index is 12.7. The van der Waals surface area contributed by atoms with Gasteiger partial charge in [0.05, 0.1) is 23.1 Å². The van der Waals surface area contributed by atoms with Crippen LogP contribution in [0.2, 0.25) is 0 Å². The summed E-state index contributed by atoms with van der Waals surface area (Å²) in [5.41, 5.74) is 4.28. The van der Waals surface area contributed by atoms with Crippen LogP contribution in [0.1, 0.15) is 21.6 Å². The number of carbonyl (C=O) groups is 1. The van der Waals surface area contributed by atoms with Gasteiger partial charge in [0.1, 0.15) is 0 Å². The van der Waals surface area contributed by atoms with E-state index < -0.39 is 0 Å². The SMILES string of the molecule is Cc1nc(-c2ccccc2)ccc1C(=O)N(C)Cc1cnn(C)c1. The third-order valence-corrected chi connectivity index (χ3v) is 3.91. The van der Waals surface area contributed by atoms with Gasteiger partial charge in [0.15, 0.2) is 0 Å². The standard InChI is InChI=1S/C19H20N4O/c1-14-17(9-10-18(21-14)16-7-5-4-6-8-16)19(24)22(2)12-15-11-20-23(3)13-15/h4-11,13H,12H2,1-3H3. The molecule has 1 aromatic carbocycles. The summed E-state index contributed by atoms with van der Waals surface area (Å²) in [6.07, 6.45) is 3.68. The molecule has 0 aliphatic heterocycles. The van der Waals surface area contributed by atoms with E-state index in [1.165, 1.54) is 0 Å². The summed E-state index contributed by atoms with van der Waals surface area (Å²) in [7, 11) is 3.65. The van der Waals surface area contributed by atoms with Crippen LogP contribution in [0.5, 0.6) is 0 Å². The fraction of sp³-hybridized carbons (Fsp3) is 0.211. The Bertz CT molecular complexity index is 855. The lowest BCUT2D eigenvalue weighted by Gasteiger charge is -2.17. The minimum atomic E-state index is -0.0385. The normalized spacial score (nSPS) is 10.6. The molecule has 5 heteroatoms. The van der Waals surface area contributed by atoms with E-state index in [0.717, 1.165) is 22.5 Å². The number of benzene rings is 1. The van der Waals surface area contributed by atoms with Crippen molar-refractivity contribution in [1.82, 2.24) is 19.7 Å². The van der Waals surface area contributed by atoms with Crippen molar-refractivity contribution in [2.24, 2.45) is 7.05 Å². The predicted octanol–water partition coefficient (Wildman–Crippen LogP) is 3.06. The molecule has 2 aromatic heterocycles. The van der Waals surface area contributed by atoms with Crippen molar-refractivity contribution in [2.45, 2.75) is 13.5 Å². The zero-order valence-corrected chi connectivity index (χ0v) is 14.1. The van der Waals surface area contributed by atoms with Crippen LogP contribution < -0.4 is 0 Å². The number of carbonyl (C=O) groups excluding carboxylic acids is 1. The smallest absolute Gasteiger partial charge is 0.255 e. The predicted molar refractivity (Wildman–Crippen MR) is 93.4 cm³/mol. The Kier molecular flexibility index (Phi) is 4.42. The minimum Gasteiger partial charge on any atom is -0.337 e. The largest absolute Gasteiger partial charge is 0.337 e. The average Bonchev–Trinajstić information content (AvgIpc) is 3.00. The maximum Gasteiger partial charge on any atom is 0.255 e. The molecular formula is C19H20N4O. The average molecular weight is 320 g/mol. The summed E-state index contributed by atoms with van der Waals surface area (Å²) < 4.78 is 1.73. The topological polar surface area (TPSA) is 51.0 Å². The van der Waals surface area contributed by atoms with E-state index in [-0.39, 0.29) is 5.91 Å². The van der Waals surface area contributed by atoms with E-state index in [1.54, 1.807) is 22.8 Å². The Labute approximate surface area is 141 Å². The summed E-state index contributed by atoms with van der Waals surface area (Å²) >= 11 is 0. The molecule has 0 atom stereocenters. The highest BCUT2D eigenvalue weighted by Crippen LogP contribution is 2.19. The molecule has 122 valence electrons. The van der Waals surface area contributed by atoms with Crippen molar-refractivity contribution >= 4 is 5.91 Å². The summed E-state index contributed by atoms with van der Waals surface area (Å²) in [5, 5.41) is 4.13. The third kappa shape index (κ3) is 3.35. The second-order valence-corrected chi connectivity index (χ2v) is 5.88. The molecular weight excluding hydrogens is 300 g/mol. The molecule has 0 unspecified atom stereocenters. The first-order valence-corrected chi connectivity index (χ1v) is 7.80. The van der Waals surface area contributed by atoms with Gasteiger partial charge in [-0.3, -0.25) is 14.5 Å². The highest BCUT2D eigenvalue weighted by atomic mass is 16.2. The Hall–Kier alpha value is -2.95. The summed E-state index contributed by atoms with van der Waals surface area (Å²) in [6, 6.07) is 13.7. The molecule has 0 radical (unpaired) electrons. The Morgan fingerprint density at radius 1 is 1.17 bits per heavy atom. The van der Waals surface area contributed by atoms with E-state index >= 15 is 0 Å². The molecule has 2 heterocycles. The number of pyridine rings is 1. The van der Waals surface area contributed by atoms with Gasteiger partial charge in [-0.25, -0.2) is 0 Å². The summed E-state index contributed by atoms with van der Waals surface area (Å²) in [6.45, 7) is 2.39. The number of rotatable bonds is 4. The molecule has 0 bridgehead atoms. The van der Waals surface area contributed by atoms with Gasteiger partial charge in [-0.2, -0.15) is 5.10 Å². The number of nitrogens with zero attached hydrogens (tertiary/aromatic N) is 4. The Morgan fingerprint density at radius 2 is 1.92 bits per heavy atom. The first-order chi connectivity index (χ1) is 11.5. The first kappa shape index (κ1) is 15.9. The highest BCUT2D eigenvalue weighted by Gasteiger charge is 2.16. The second kappa shape index (κ2) is 6.66. The van der Waals surface area contributed by atoms with Gasteiger partial charge in [-0.1, -0.05) is 30.3 Å². The van der Waals surface area contributed by atoms with Crippen LogP contribution in [0.4, 0.5) is 0 Å². The van der Waals surface area contributed by atoms with Crippen LogP contribution in [-0.2, 0) is 13.6 Å². The number of hydrogen-bond donors (Lipinski definition) is 0. The van der Waals surface area contributed by atoms with Crippen molar-refractivity contribution in [2.75, 3.05) is 7.05 Å². The van der Waals surface area contributed by atoms with E-state index in [0.29, 0.717) is 12.1 Å². The molecule has 0 spiro atoms. The van der Waals surface area contributed by atoms with Crippen molar-refractivity contribution < 1.29 is 4.79 Å². The molecule has 0 aliphatic rings. The summed E-state index contributed by atoms with van der Waals surface area (Å²) in [4.78, 5) is 19.0. The van der Waals surface area contributed by atoms with Gasteiger partial charge in [-0.05, 0) is 19.1 Å². The number of amides is 1. The van der Waals surface area contributed by atoms with Crippen LogP contribution in [-0.4, -0.2) is 32.6 Å². The molecule has 0 fully saturated rings. The molecule has 5 nitrogen and oxygen atoms in total. The molecule has 24 heavy (non-hydrogen) atoms. The molecule has 3 aromatic rings. The van der Waals surface area contributed by atoms with Crippen molar-refractivity contribution in [3.8, 4) is 11.3 Å². The van der Waals surface area contributed by atoms with Gasteiger partial charge in [0.25, 0.3) is 5.91 Å². The molecule has 0 N–H and O–H groups in total. The lowest BCUT2D eigenvalue weighted by molar-refractivity contribution is 0.0784. The van der Waals surface area contributed by atoms with Crippen LogP contribution in [0.25, 0.3) is 11.3 Å². The van der Waals surface area contributed by atoms with E-state index in [4.69, 9.17) is 0 Å². The van der Waals surface area contributed by atoms with Gasteiger partial charge in [-0.15, -0.1) is 0 Å². The zero-order valence-electron chi connectivity index (χ0n) is 14.1. The molecule has 0 aliphatic carbocycles. The van der Waals surface area contributed by atoms with Crippen LogP contribution in [0.3, 0.4) is 0 Å². The fourth-order valence-corrected chi connectivity index (χ4v) is 2.66. The maximum atomic E-state index is 12.7. The number of aromatic nitrogens is 3. The lowest BCUT2D eigenvalue weighted by Crippen LogP contribution is -2.27. The monoisotopic (exact) mass is 320 g/mol. The van der Waals surface area contributed by atoms with Crippen molar-refractivity contribution in [3.05, 3.63) is 71.7 Å². The molecule has 1 amide bonds. The quantitative estimate of drug-likeness (QED) is 0.742. The van der Waals surface area contributed by atoms with Gasteiger partial charge < -0.3 is 4.90 Å². The van der Waals surface area contributed by atoms with Gasteiger partial charge in [0.2, 0.25) is 0 Å². The number of aryl methyl sites for hydroxylation is 2. The van der Waals surface area contributed by atoms with E-state index in [2.05, 4.69) is 10.1 Å². The highest BCUT2D eigenvalue weighted by molar-refractivity contribution is 5.95. The Morgan fingerprint density at radius 3 is 2.54 bits per heavy atom. The van der Waals surface area contributed by atoms with Gasteiger partial charge >= 0.3 is 0 Å². The third-order valence-electron chi connectivity index (χ3n) is 3.91. The summed E-state index contributed by atoms with van der Waals surface area (Å²) in [5.74, 6) is -0.0385. The van der Waals surface area contributed by atoms with Crippen LogP contribution in [0.15, 0.2) is 54.9 Å². The number of hydrogen-bond acceptors (Lipinski definition) is 3. The molecule has 3 rings (SSSR count). The fourth-order valence-electron chi connectivity index (χ4n) is 2.66. The zero-order chi connectivity index (χ0) is 17.1. The Balaban J connectivity index is 1.80. The second-order valence-electron chi connectivity index (χ2n) is 5.88. The molecule has 0 saturated carbocycles. The van der Waals surface area contributed by atoms with E-state index in [1.807, 2.05) is 62.6 Å². The van der Waals surface area contributed by atoms with Crippen LogP contribution >= 0.6 is 0 Å². The lowest BCUT2D eigenvalue weighted by atomic mass is 10.1. The first-order valence-electron chi connectivity index (χ1n) is 7.80. The van der Waals surface area contributed by atoms with Crippen molar-refractivity contribution in [1.29, 1.82) is 0 Å². The van der Waals surface area contributed by atoms with Crippen molar-refractivity contribution in [3.63, 3.8) is 0 Å². The van der Waals surface area contributed by atoms with Crippen LogP contribution in [0, 0.1) is 6.92 Å². The minimum absolute atomic E-state index is 0.0385.